The third-order valence-electron chi connectivity index (χ3n) is 12.0. The van der Waals surface area contributed by atoms with Crippen molar-refractivity contribution in [2.24, 2.45) is 0 Å². The Labute approximate surface area is 393 Å². The second-order valence-electron chi connectivity index (χ2n) is 17.6. The summed E-state index contributed by atoms with van der Waals surface area (Å²) in [5.74, 6) is 1.09. The average molecular weight is 920 g/mol. The van der Waals surface area contributed by atoms with Gasteiger partial charge >= 0.3 is 5.97 Å². The highest BCUT2D eigenvalue weighted by atomic mass is 32.1. The summed E-state index contributed by atoms with van der Waals surface area (Å²) in [4.78, 5) is 13.5. The maximum absolute atomic E-state index is 11.5. The van der Waals surface area contributed by atoms with E-state index in [2.05, 4.69) is 39.0 Å². The van der Waals surface area contributed by atoms with Crippen molar-refractivity contribution in [2.75, 3.05) is 19.8 Å². The number of ether oxygens (including phenoxy) is 3. The molecule has 4 aromatic rings. The fourth-order valence-corrected chi connectivity index (χ4v) is 12.2. The van der Waals surface area contributed by atoms with Gasteiger partial charge in [0.05, 0.1) is 29.2 Å². The van der Waals surface area contributed by atoms with Crippen LogP contribution in [0.15, 0.2) is 29.8 Å². The van der Waals surface area contributed by atoms with Gasteiger partial charge in [-0.3, -0.25) is 0 Å². The molecule has 3 heterocycles. The Bertz CT molecular complexity index is 1870. The third kappa shape index (κ3) is 19.9. The molecule has 0 aliphatic carbocycles. The number of carboxylic acid groups (broad SMARTS) is 1. The fourth-order valence-electron chi connectivity index (χ4n) is 8.23. The number of thiophene rings is 3. The van der Waals surface area contributed by atoms with Gasteiger partial charge in [-0.15, -0.1) is 34.0 Å². The molecule has 0 amide bonds. The lowest BCUT2D eigenvalue weighted by molar-refractivity contribution is -0.132. The van der Waals surface area contributed by atoms with Crippen LogP contribution in [0.25, 0.3) is 35.3 Å². The fraction of sp³-hybridized carbons (Fsp3) is 0.667. The molecule has 6 nitrogen and oxygen atoms in total. The van der Waals surface area contributed by atoms with Crippen molar-refractivity contribution in [3.05, 3.63) is 34.7 Å². The number of fused-ring (bicyclic) bond motifs is 3. The molecule has 63 heavy (non-hydrogen) atoms. The van der Waals surface area contributed by atoms with Gasteiger partial charge in [-0.05, 0) is 55.2 Å². The topological polar surface area (TPSA) is 88.8 Å². The number of carboxylic acids is 1. The van der Waals surface area contributed by atoms with Gasteiger partial charge in [0.25, 0.3) is 0 Å². The summed E-state index contributed by atoms with van der Waals surface area (Å²) in [6.45, 7) is 8.79. The molecular weight excluding hydrogens is 839 g/mol. The highest BCUT2D eigenvalue weighted by Gasteiger charge is 2.20. The number of nitriles is 1. The molecule has 0 aliphatic rings. The number of hydrogen-bond acceptors (Lipinski definition) is 8. The third-order valence-corrected chi connectivity index (χ3v) is 15.8. The van der Waals surface area contributed by atoms with Crippen LogP contribution in [0.2, 0.25) is 0 Å². The molecule has 0 radical (unpaired) electrons. The van der Waals surface area contributed by atoms with Gasteiger partial charge in [0.15, 0.2) is 11.5 Å². The first kappa shape index (κ1) is 52.6. The van der Waals surface area contributed by atoms with Crippen molar-refractivity contribution >= 4 is 64.9 Å². The molecule has 9 heteroatoms. The Morgan fingerprint density at radius 2 is 0.905 bits per heavy atom. The first-order chi connectivity index (χ1) is 31.0. The van der Waals surface area contributed by atoms with E-state index in [0.29, 0.717) is 19.8 Å². The predicted molar refractivity (Wildman–Crippen MR) is 274 cm³/mol. The van der Waals surface area contributed by atoms with Crippen LogP contribution < -0.4 is 14.2 Å². The van der Waals surface area contributed by atoms with Crippen molar-refractivity contribution < 1.29 is 24.1 Å². The van der Waals surface area contributed by atoms with E-state index >= 15 is 0 Å². The molecule has 350 valence electrons. The summed E-state index contributed by atoms with van der Waals surface area (Å²) in [7, 11) is 0. The Morgan fingerprint density at radius 1 is 0.524 bits per heavy atom. The van der Waals surface area contributed by atoms with Crippen LogP contribution in [-0.4, -0.2) is 30.9 Å². The molecule has 0 atom stereocenters. The number of aliphatic carboxylic acids is 1. The van der Waals surface area contributed by atoms with E-state index in [9.17, 15) is 15.2 Å². The van der Waals surface area contributed by atoms with E-state index in [1.807, 2.05) is 12.1 Å². The zero-order valence-electron chi connectivity index (χ0n) is 39.5. The summed E-state index contributed by atoms with van der Waals surface area (Å²) in [5, 5.41) is 18.8. The molecular formula is C54H81NO5S3. The van der Waals surface area contributed by atoms with Gasteiger partial charge in [-0.1, -0.05) is 194 Å². The lowest BCUT2D eigenvalue weighted by atomic mass is 10.1. The van der Waals surface area contributed by atoms with Gasteiger partial charge in [-0.25, -0.2) is 4.79 Å². The molecule has 1 N–H and O–H groups in total. The van der Waals surface area contributed by atoms with Gasteiger partial charge in [0.1, 0.15) is 11.6 Å². The summed E-state index contributed by atoms with van der Waals surface area (Å²) < 4.78 is 24.7. The Morgan fingerprint density at radius 3 is 1.32 bits per heavy atom. The molecule has 1 aromatic carbocycles. The van der Waals surface area contributed by atoms with E-state index < -0.39 is 5.97 Å². The summed E-state index contributed by atoms with van der Waals surface area (Å²) >= 11 is 5.00. The largest absolute Gasteiger partial charge is 0.490 e. The summed E-state index contributed by atoms with van der Waals surface area (Å²) in [5.41, 5.74) is 0.812. The minimum absolute atomic E-state index is 0.252. The lowest BCUT2D eigenvalue weighted by Gasteiger charge is -2.19. The molecule has 0 saturated carbocycles. The van der Waals surface area contributed by atoms with Crippen LogP contribution >= 0.6 is 34.0 Å². The Kier molecular flexibility index (Phi) is 27.2. The lowest BCUT2D eigenvalue weighted by Crippen LogP contribution is -2.06. The average Bonchev–Trinajstić information content (AvgIpc) is 3.97. The Balaban J connectivity index is 1.49. The van der Waals surface area contributed by atoms with Gasteiger partial charge in [0, 0.05) is 19.2 Å². The normalized spacial score (nSPS) is 11.8. The monoisotopic (exact) mass is 920 g/mol. The van der Waals surface area contributed by atoms with E-state index in [-0.39, 0.29) is 5.57 Å². The van der Waals surface area contributed by atoms with Crippen LogP contribution in [0.1, 0.15) is 218 Å². The number of benzene rings is 1. The minimum atomic E-state index is -1.20. The van der Waals surface area contributed by atoms with Crippen molar-refractivity contribution in [1.29, 1.82) is 5.26 Å². The second kappa shape index (κ2) is 32.6. The van der Waals surface area contributed by atoms with Gasteiger partial charge in [-0.2, -0.15) is 5.26 Å². The maximum atomic E-state index is 11.5. The SMILES string of the molecule is CCCCCCCCCCCCOc1cc(-c2cc3sc4cc(/C=C(\C#N)C(=O)O)sc4c3s2)cc(OCCCCCCCCCCCC)c1OCCCCCCCCCCCC. The van der Waals surface area contributed by atoms with Crippen molar-refractivity contribution in [3.63, 3.8) is 0 Å². The van der Waals surface area contributed by atoms with Gasteiger partial charge < -0.3 is 19.3 Å². The molecule has 3 aromatic heterocycles. The molecule has 0 unspecified atom stereocenters. The Hall–Kier alpha value is -3.06. The number of hydrogen-bond donors (Lipinski definition) is 1. The highest BCUT2D eigenvalue weighted by molar-refractivity contribution is 7.39. The quantitative estimate of drug-likeness (QED) is 0.0272. The molecule has 0 fully saturated rings. The number of unbranched alkanes of at least 4 members (excludes halogenated alkanes) is 27. The van der Waals surface area contributed by atoms with Crippen LogP contribution in [0.3, 0.4) is 0 Å². The first-order valence-corrected chi connectivity index (χ1v) is 27.8. The molecule has 0 spiro atoms. The minimum Gasteiger partial charge on any atom is -0.490 e. The summed E-state index contributed by atoms with van der Waals surface area (Å²) in [6, 6.07) is 10.4. The zero-order chi connectivity index (χ0) is 44.7. The number of nitrogens with zero attached hydrogens (tertiary/aromatic N) is 1. The molecule has 0 bridgehead atoms. The smallest absolute Gasteiger partial charge is 0.346 e. The maximum Gasteiger partial charge on any atom is 0.346 e. The van der Waals surface area contributed by atoms with Crippen LogP contribution in [0, 0.1) is 11.3 Å². The van der Waals surface area contributed by atoms with Crippen LogP contribution in [-0.2, 0) is 4.79 Å². The van der Waals surface area contributed by atoms with Gasteiger partial charge in [0.2, 0.25) is 5.75 Å². The predicted octanol–water partition coefficient (Wildman–Crippen LogP) is 18.7. The zero-order valence-corrected chi connectivity index (χ0v) is 41.9. The molecule has 0 saturated heterocycles. The standard InChI is InChI=1S/C54H81NO5S3/c1-4-7-10-13-16-19-22-25-28-31-34-58-46-38-43(48-41-50-53(63-48)52-49(62-50)40-45(61-52)37-44(42-55)54(56)57)39-47(59-35-32-29-26-23-20-17-14-11-8-5-2)51(46)60-36-33-30-27-24-21-18-15-12-9-6-3/h37-41H,4-36H2,1-3H3,(H,56,57)/b44-37+. The van der Waals surface area contributed by atoms with E-state index in [4.69, 9.17) is 14.2 Å². The van der Waals surface area contributed by atoms with Crippen LogP contribution in [0.5, 0.6) is 17.2 Å². The second-order valence-corrected chi connectivity index (χ2v) is 20.8. The van der Waals surface area contributed by atoms with E-state index in [1.54, 1.807) is 34.0 Å². The van der Waals surface area contributed by atoms with Crippen molar-refractivity contribution in [1.82, 2.24) is 0 Å². The highest BCUT2D eigenvalue weighted by Crippen LogP contribution is 2.49. The van der Waals surface area contributed by atoms with Crippen molar-refractivity contribution in [3.8, 4) is 33.8 Å². The summed E-state index contributed by atoms with van der Waals surface area (Å²) in [6.07, 6.45) is 40.0. The molecule has 4 rings (SSSR count). The first-order valence-electron chi connectivity index (χ1n) is 25.4. The van der Waals surface area contributed by atoms with Crippen molar-refractivity contribution in [2.45, 2.75) is 213 Å². The number of carbonyl (C=O) groups is 1. The van der Waals surface area contributed by atoms with E-state index in [1.165, 1.54) is 189 Å². The van der Waals surface area contributed by atoms with E-state index in [0.717, 1.165) is 61.2 Å². The number of rotatable bonds is 39. The van der Waals surface area contributed by atoms with Crippen LogP contribution in [0.4, 0.5) is 0 Å². The molecule has 0 aliphatic heterocycles.